The largest absolute Gasteiger partial charge is 0.135 e. The maximum Gasteiger partial charge on any atom is 0.129 e. The van der Waals surface area contributed by atoms with Gasteiger partial charge in [0.25, 0.3) is 0 Å². The average molecular weight is 239 g/mol. The highest BCUT2D eigenvalue weighted by Gasteiger charge is 2.06. The number of unbranched alkanes of at least 4 members (excludes halogenated alkanes) is 1. The number of hydrogen-bond donors (Lipinski definition) is 0. The van der Waals surface area contributed by atoms with Crippen molar-refractivity contribution in [2.75, 3.05) is 0 Å². The number of terminal acetylenes is 1. The van der Waals surface area contributed by atoms with Gasteiger partial charge in [0.05, 0.1) is 0 Å². The Labute approximate surface area is 98.9 Å². The molecule has 0 aliphatic carbocycles. The summed E-state index contributed by atoms with van der Waals surface area (Å²) in [6.45, 7) is 15.4. The molecule has 0 aromatic rings. The lowest BCUT2D eigenvalue weighted by Gasteiger charge is -2.02. The van der Waals surface area contributed by atoms with E-state index in [1.165, 1.54) is 6.42 Å². The maximum atomic E-state index is 5.12. The fourth-order valence-corrected chi connectivity index (χ4v) is 1.11. The summed E-state index contributed by atoms with van der Waals surface area (Å²) >= 11 is 0. The Balaban J connectivity index is 0. The molecule has 0 amide bonds. The molecule has 0 N–H and O–H groups in total. The number of rotatable bonds is 1. The van der Waals surface area contributed by atoms with Gasteiger partial charge in [0.2, 0.25) is 0 Å². The molecule has 0 heterocycles. The van der Waals surface area contributed by atoms with Crippen molar-refractivity contribution in [3.05, 3.63) is 0 Å². The van der Waals surface area contributed by atoms with Gasteiger partial charge >= 0.3 is 0 Å². The van der Waals surface area contributed by atoms with Crippen molar-refractivity contribution in [2.45, 2.75) is 59.0 Å². The van der Waals surface area contributed by atoms with Crippen molar-refractivity contribution in [3.8, 4) is 23.4 Å². The highest BCUT2D eigenvalue weighted by atomic mass is 28.3. The van der Waals surface area contributed by atoms with E-state index < -0.39 is 16.1 Å². The lowest BCUT2D eigenvalue weighted by atomic mass is 10.4. The Hall–Kier alpha value is -0.446. The third-order valence-electron chi connectivity index (χ3n) is 1.27. The van der Waals surface area contributed by atoms with Crippen LogP contribution < -0.4 is 0 Å². The summed E-state index contributed by atoms with van der Waals surface area (Å²) in [6, 6.07) is 0. The summed E-state index contributed by atoms with van der Waals surface area (Å²) in [6.07, 6.45) is 7.38. The summed E-state index contributed by atoms with van der Waals surface area (Å²) in [5.74, 6) is 3.19. The molecule has 0 rings (SSSR count). The maximum absolute atomic E-state index is 5.12. The van der Waals surface area contributed by atoms with E-state index in [2.05, 4.69) is 63.2 Å². The first-order valence-electron chi connectivity index (χ1n) is 5.60. The minimum Gasteiger partial charge on any atom is -0.135 e. The molecular weight excluding hydrogens is 212 g/mol. The van der Waals surface area contributed by atoms with Gasteiger partial charge in [-0.2, -0.15) is 0 Å². The molecule has 0 fully saturated rings. The molecule has 0 saturated heterocycles. The van der Waals surface area contributed by atoms with Gasteiger partial charge in [-0.3, -0.25) is 0 Å². The molecule has 15 heavy (non-hydrogen) atoms. The molecule has 0 nitrogen and oxygen atoms in total. The van der Waals surface area contributed by atoms with Crippen molar-refractivity contribution in [1.82, 2.24) is 0 Å². The van der Waals surface area contributed by atoms with Gasteiger partial charge in [0.1, 0.15) is 16.1 Å². The van der Waals surface area contributed by atoms with Gasteiger partial charge in [-0.25, -0.2) is 0 Å². The smallest absolute Gasteiger partial charge is 0.129 e. The average Bonchev–Trinajstić information content (AvgIpc) is 2.02. The fraction of sp³-hybridized carbons (Fsp3) is 0.692. The molecule has 0 radical (unpaired) electrons. The van der Waals surface area contributed by atoms with Crippen LogP contribution in [0.4, 0.5) is 0 Å². The zero-order valence-corrected chi connectivity index (χ0v) is 13.5. The van der Waals surface area contributed by atoms with E-state index in [4.69, 9.17) is 6.42 Å². The monoisotopic (exact) mass is 238 g/mol. The van der Waals surface area contributed by atoms with Crippen molar-refractivity contribution in [2.24, 2.45) is 0 Å². The normalized spacial score (nSPS) is 10.3. The predicted octanol–water partition coefficient (Wildman–Crippen LogP) is 4.16. The molecule has 0 aliphatic rings. The molecule has 0 bridgehead atoms. The van der Waals surface area contributed by atoms with Crippen LogP contribution in [0.25, 0.3) is 0 Å². The van der Waals surface area contributed by atoms with Gasteiger partial charge < -0.3 is 0 Å². The van der Waals surface area contributed by atoms with Crippen LogP contribution in [0.2, 0.25) is 39.3 Å². The SMILES string of the molecule is C#C[Si](C)(C)C.CCCC#C[Si](C)(C)C. The van der Waals surface area contributed by atoms with Gasteiger partial charge in [-0.15, -0.1) is 23.4 Å². The van der Waals surface area contributed by atoms with E-state index in [1.807, 2.05) is 0 Å². The van der Waals surface area contributed by atoms with Crippen LogP contribution in [-0.2, 0) is 0 Å². The Bertz CT molecular complexity index is 247. The predicted molar refractivity (Wildman–Crippen MR) is 78.2 cm³/mol. The Morgan fingerprint density at radius 3 is 1.53 bits per heavy atom. The lowest BCUT2D eigenvalue weighted by molar-refractivity contribution is 0.984. The molecule has 86 valence electrons. The second-order valence-electron chi connectivity index (χ2n) is 5.70. The van der Waals surface area contributed by atoms with Crippen LogP contribution in [0.3, 0.4) is 0 Å². The summed E-state index contributed by atoms with van der Waals surface area (Å²) in [7, 11) is -2.16. The second-order valence-corrected chi connectivity index (χ2v) is 15.2. The quantitative estimate of drug-likeness (QED) is 0.475. The molecule has 0 unspecified atom stereocenters. The zero-order valence-electron chi connectivity index (χ0n) is 11.5. The first kappa shape index (κ1) is 17.0. The Morgan fingerprint density at radius 1 is 0.933 bits per heavy atom. The summed E-state index contributed by atoms with van der Waals surface area (Å²) in [5.41, 5.74) is 6.05. The fourth-order valence-electron chi connectivity index (χ4n) is 0.453. The van der Waals surface area contributed by atoms with Gasteiger partial charge in [0.15, 0.2) is 0 Å². The highest BCUT2D eigenvalue weighted by molar-refractivity contribution is 6.84. The summed E-state index contributed by atoms with van der Waals surface area (Å²) in [4.78, 5) is 0. The third-order valence-corrected chi connectivity index (χ3v) is 3.06. The minimum absolute atomic E-state index is 1.06. The molecule has 0 spiro atoms. The van der Waals surface area contributed by atoms with Crippen LogP contribution in [-0.4, -0.2) is 16.1 Å². The van der Waals surface area contributed by atoms with E-state index >= 15 is 0 Å². The van der Waals surface area contributed by atoms with Gasteiger partial charge in [0, 0.05) is 6.42 Å². The summed E-state index contributed by atoms with van der Waals surface area (Å²) in [5, 5.41) is 0. The molecule has 2 heteroatoms. The van der Waals surface area contributed by atoms with E-state index in [0.717, 1.165) is 6.42 Å². The molecule has 0 saturated carbocycles. The second kappa shape index (κ2) is 7.79. The molecule has 0 aliphatic heterocycles. The third kappa shape index (κ3) is 24.7. The first-order valence-corrected chi connectivity index (χ1v) is 12.6. The standard InChI is InChI=1S/C8H16Si.C5H10Si/c1-5-6-7-8-9(2,3)4;1-5-6(2,3)4/h5-6H2,1-4H3;1H,2-4H3. The molecular formula is C13H26Si2. The van der Waals surface area contributed by atoms with Gasteiger partial charge in [-0.1, -0.05) is 46.2 Å². The molecule has 0 atom stereocenters. The van der Waals surface area contributed by atoms with E-state index in [1.54, 1.807) is 0 Å². The molecule has 0 aromatic heterocycles. The van der Waals surface area contributed by atoms with Gasteiger partial charge in [-0.05, 0) is 6.42 Å². The van der Waals surface area contributed by atoms with E-state index in [9.17, 15) is 0 Å². The van der Waals surface area contributed by atoms with Crippen LogP contribution in [0, 0.1) is 23.4 Å². The van der Waals surface area contributed by atoms with Crippen molar-refractivity contribution in [3.63, 3.8) is 0 Å². The number of hydrogen-bond acceptors (Lipinski definition) is 0. The topological polar surface area (TPSA) is 0 Å². The lowest BCUT2D eigenvalue weighted by Crippen LogP contribution is -2.16. The highest BCUT2D eigenvalue weighted by Crippen LogP contribution is 1.96. The first-order chi connectivity index (χ1) is 6.62. The van der Waals surface area contributed by atoms with Crippen molar-refractivity contribution < 1.29 is 0 Å². The zero-order chi connectivity index (χ0) is 12.5. The van der Waals surface area contributed by atoms with Crippen LogP contribution in [0.1, 0.15) is 19.8 Å². The van der Waals surface area contributed by atoms with Crippen molar-refractivity contribution in [1.29, 1.82) is 0 Å². The van der Waals surface area contributed by atoms with Crippen LogP contribution in [0.15, 0.2) is 0 Å². The van der Waals surface area contributed by atoms with E-state index in [-0.39, 0.29) is 0 Å². The minimum atomic E-state index is -1.10. The van der Waals surface area contributed by atoms with Crippen molar-refractivity contribution >= 4 is 16.1 Å². The van der Waals surface area contributed by atoms with Crippen LogP contribution >= 0.6 is 0 Å². The summed E-state index contributed by atoms with van der Waals surface area (Å²) < 4.78 is 0. The Kier molecular flexibility index (Phi) is 8.82. The molecule has 0 aromatic carbocycles. The van der Waals surface area contributed by atoms with Crippen LogP contribution in [0.5, 0.6) is 0 Å². The van der Waals surface area contributed by atoms with E-state index in [0.29, 0.717) is 0 Å². The Morgan fingerprint density at radius 2 is 1.33 bits per heavy atom.